The quantitative estimate of drug-likeness (QED) is 0.101. The molecule has 4 aromatic rings. The number of H-pyrrole nitrogens is 2. The van der Waals surface area contributed by atoms with Gasteiger partial charge in [0.05, 0.1) is 18.5 Å². The SMILES string of the molecule is CC(O)C(NC(=O)C(Cc1c[nH]c2ccccc12)NC(=O)C(Cc1cnc[nH]1)NC(=O)C(N)Cc1ccccc1)C(=O)O. The number of hydrogen-bond acceptors (Lipinski definition) is 7. The molecule has 13 nitrogen and oxygen atoms in total. The zero-order chi connectivity index (χ0) is 30.9. The second-order valence-corrected chi connectivity index (χ2v) is 10.3. The molecule has 0 fully saturated rings. The number of nitrogens with two attached hydrogens (primary N) is 1. The first-order valence-electron chi connectivity index (χ1n) is 13.8. The molecule has 5 atom stereocenters. The Balaban J connectivity index is 1.57. The fraction of sp³-hybridized carbons (Fsp3) is 0.300. The number of nitrogens with zero attached hydrogens (tertiary/aromatic N) is 1. The summed E-state index contributed by atoms with van der Waals surface area (Å²) in [5.41, 5.74) is 9.07. The number of aliphatic hydroxyl groups excluding tert-OH is 1. The molecule has 0 aliphatic rings. The lowest BCUT2D eigenvalue weighted by Gasteiger charge is -2.25. The first kappa shape index (κ1) is 30.9. The number of aromatic amines is 2. The summed E-state index contributed by atoms with van der Waals surface area (Å²) in [5.74, 6) is -3.52. The first-order valence-corrected chi connectivity index (χ1v) is 13.8. The molecule has 43 heavy (non-hydrogen) atoms. The van der Waals surface area contributed by atoms with Crippen LogP contribution in [-0.2, 0) is 38.4 Å². The topological polar surface area (TPSA) is 215 Å². The number of carboxylic acid groups (broad SMARTS) is 1. The Morgan fingerprint density at radius 2 is 1.51 bits per heavy atom. The Labute approximate surface area is 247 Å². The number of carbonyl (C=O) groups is 4. The van der Waals surface area contributed by atoms with Gasteiger partial charge in [-0.1, -0.05) is 48.5 Å². The molecular formula is C30H35N7O6. The van der Waals surface area contributed by atoms with Crippen molar-refractivity contribution >= 4 is 34.6 Å². The summed E-state index contributed by atoms with van der Waals surface area (Å²) in [7, 11) is 0. The van der Waals surface area contributed by atoms with E-state index in [-0.39, 0.29) is 19.3 Å². The maximum absolute atomic E-state index is 13.7. The van der Waals surface area contributed by atoms with Crippen LogP contribution in [0, 0.1) is 0 Å². The van der Waals surface area contributed by atoms with Gasteiger partial charge < -0.3 is 41.9 Å². The monoisotopic (exact) mass is 589 g/mol. The number of para-hydroxylation sites is 1. The highest BCUT2D eigenvalue weighted by Gasteiger charge is 2.32. The number of rotatable bonds is 14. The Bertz CT molecular complexity index is 1540. The van der Waals surface area contributed by atoms with Crippen LogP contribution in [0.4, 0.5) is 0 Å². The number of aliphatic carboxylic acids is 1. The van der Waals surface area contributed by atoms with Crippen LogP contribution in [0.15, 0.2) is 73.3 Å². The molecule has 0 spiro atoms. The van der Waals surface area contributed by atoms with Gasteiger partial charge >= 0.3 is 5.97 Å². The number of nitrogens with one attached hydrogen (secondary N) is 5. The van der Waals surface area contributed by atoms with E-state index in [4.69, 9.17) is 5.73 Å². The fourth-order valence-corrected chi connectivity index (χ4v) is 4.71. The predicted octanol–water partition coefficient (Wildman–Crippen LogP) is 0.166. The third-order valence-corrected chi connectivity index (χ3v) is 7.03. The third-order valence-electron chi connectivity index (χ3n) is 7.03. The van der Waals surface area contributed by atoms with E-state index < -0.39 is 54.0 Å². The zero-order valence-corrected chi connectivity index (χ0v) is 23.5. The Kier molecular flexibility index (Phi) is 10.3. The molecule has 0 aliphatic carbocycles. The van der Waals surface area contributed by atoms with E-state index in [0.29, 0.717) is 11.3 Å². The van der Waals surface area contributed by atoms with Gasteiger partial charge in [0, 0.05) is 41.8 Å². The molecule has 2 aromatic carbocycles. The van der Waals surface area contributed by atoms with Gasteiger partial charge in [0.15, 0.2) is 6.04 Å². The molecule has 0 radical (unpaired) electrons. The molecule has 9 N–H and O–H groups in total. The molecule has 4 rings (SSSR count). The van der Waals surface area contributed by atoms with Gasteiger partial charge in [0.2, 0.25) is 17.7 Å². The minimum atomic E-state index is -1.61. The van der Waals surface area contributed by atoms with Crippen molar-refractivity contribution < 1.29 is 29.4 Å². The second kappa shape index (κ2) is 14.2. The van der Waals surface area contributed by atoms with Crippen LogP contribution in [0.25, 0.3) is 10.9 Å². The molecule has 226 valence electrons. The van der Waals surface area contributed by atoms with E-state index >= 15 is 0 Å². The smallest absolute Gasteiger partial charge is 0.328 e. The predicted molar refractivity (Wildman–Crippen MR) is 158 cm³/mol. The summed E-state index contributed by atoms with van der Waals surface area (Å²) in [6.07, 6.45) is 3.49. The number of aromatic nitrogens is 3. The van der Waals surface area contributed by atoms with Gasteiger partial charge in [-0.05, 0) is 30.5 Å². The largest absolute Gasteiger partial charge is 0.480 e. The number of benzene rings is 2. The molecule has 13 heteroatoms. The average molecular weight is 590 g/mol. The lowest BCUT2D eigenvalue weighted by molar-refractivity contribution is -0.145. The van der Waals surface area contributed by atoms with E-state index in [0.717, 1.165) is 16.5 Å². The highest BCUT2D eigenvalue weighted by Crippen LogP contribution is 2.19. The molecule has 0 bridgehead atoms. The summed E-state index contributed by atoms with van der Waals surface area (Å²) in [4.78, 5) is 61.8. The number of hydrogen-bond donors (Lipinski definition) is 8. The van der Waals surface area contributed by atoms with Crippen molar-refractivity contribution in [2.24, 2.45) is 5.73 Å². The van der Waals surface area contributed by atoms with E-state index in [9.17, 15) is 29.4 Å². The van der Waals surface area contributed by atoms with Crippen molar-refractivity contribution in [3.8, 4) is 0 Å². The summed E-state index contributed by atoms with van der Waals surface area (Å²) in [6, 6.07) is 11.6. The van der Waals surface area contributed by atoms with Crippen molar-refractivity contribution in [2.45, 2.75) is 56.5 Å². The minimum Gasteiger partial charge on any atom is -0.480 e. The molecule has 0 saturated carbocycles. The van der Waals surface area contributed by atoms with Gasteiger partial charge in [-0.3, -0.25) is 14.4 Å². The van der Waals surface area contributed by atoms with E-state index in [2.05, 4.69) is 30.9 Å². The van der Waals surface area contributed by atoms with Crippen LogP contribution >= 0.6 is 0 Å². The van der Waals surface area contributed by atoms with Gasteiger partial charge in [-0.15, -0.1) is 0 Å². The minimum absolute atomic E-state index is 0.00796. The van der Waals surface area contributed by atoms with Gasteiger partial charge in [0.1, 0.15) is 12.1 Å². The van der Waals surface area contributed by atoms with Crippen LogP contribution in [-0.4, -0.2) is 79.1 Å². The molecule has 5 unspecified atom stereocenters. The Hall–Kier alpha value is -5.01. The molecule has 0 aliphatic heterocycles. The van der Waals surface area contributed by atoms with Crippen LogP contribution in [0.5, 0.6) is 0 Å². The van der Waals surface area contributed by atoms with Gasteiger partial charge in [-0.25, -0.2) is 9.78 Å². The van der Waals surface area contributed by atoms with Gasteiger partial charge in [-0.2, -0.15) is 0 Å². The average Bonchev–Trinajstić information content (AvgIpc) is 3.65. The van der Waals surface area contributed by atoms with Gasteiger partial charge in [0.25, 0.3) is 0 Å². The van der Waals surface area contributed by atoms with E-state index in [1.54, 1.807) is 6.20 Å². The maximum Gasteiger partial charge on any atom is 0.328 e. The number of aliphatic hydroxyl groups is 1. The molecular weight excluding hydrogens is 554 g/mol. The standard InChI is InChI=1S/C30H35N7O6/c1-17(38)26(30(42)43)37-29(41)24(12-19-14-33-23-10-6-5-9-21(19)23)36-28(40)25(13-20-15-32-16-34-20)35-27(39)22(31)11-18-7-3-2-4-8-18/h2-10,14-17,22,24-26,33,38H,11-13,31H2,1H3,(H,32,34)(H,35,39)(H,36,40)(H,37,41)(H,42,43). The highest BCUT2D eigenvalue weighted by atomic mass is 16.4. The lowest BCUT2D eigenvalue weighted by atomic mass is 10.0. The molecule has 0 saturated heterocycles. The van der Waals surface area contributed by atoms with Crippen LogP contribution in [0.2, 0.25) is 0 Å². The summed E-state index contributed by atoms with van der Waals surface area (Å²) < 4.78 is 0. The number of amides is 3. The first-order chi connectivity index (χ1) is 20.6. The maximum atomic E-state index is 13.7. The highest BCUT2D eigenvalue weighted by molar-refractivity contribution is 5.95. The van der Waals surface area contributed by atoms with Crippen molar-refractivity contribution in [2.75, 3.05) is 0 Å². The van der Waals surface area contributed by atoms with Crippen LogP contribution in [0.1, 0.15) is 23.7 Å². The number of carbonyl (C=O) groups excluding carboxylic acids is 3. The van der Waals surface area contributed by atoms with Crippen molar-refractivity contribution in [1.29, 1.82) is 0 Å². The van der Waals surface area contributed by atoms with E-state index in [1.807, 2.05) is 54.6 Å². The van der Waals surface area contributed by atoms with Crippen molar-refractivity contribution in [1.82, 2.24) is 30.9 Å². The number of imidazole rings is 1. The summed E-state index contributed by atoms with van der Waals surface area (Å²) >= 11 is 0. The van der Waals surface area contributed by atoms with Crippen molar-refractivity contribution in [3.05, 3.63) is 90.1 Å². The molecule has 3 amide bonds. The zero-order valence-electron chi connectivity index (χ0n) is 23.5. The third kappa shape index (κ3) is 8.27. The van der Waals surface area contributed by atoms with Crippen LogP contribution in [0.3, 0.4) is 0 Å². The Morgan fingerprint density at radius 1 is 0.860 bits per heavy atom. The second-order valence-electron chi connectivity index (χ2n) is 10.3. The number of fused-ring (bicyclic) bond motifs is 1. The summed E-state index contributed by atoms with van der Waals surface area (Å²) in [5, 5.41) is 27.9. The Morgan fingerprint density at radius 3 is 2.19 bits per heavy atom. The summed E-state index contributed by atoms with van der Waals surface area (Å²) in [6.45, 7) is 1.24. The fourth-order valence-electron chi connectivity index (χ4n) is 4.71. The number of carboxylic acids is 1. The van der Waals surface area contributed by atoms with Crippen molar-refractivity contribution in [3.63, 3.8) is 0 Å². The van der Waals surface area contributed by atoms with E-state index in [1.165, 1.54) is 19.4 Å². The van der Waals surface area contributed by atoms with Crippen LogP contribution < -0.4 is 21.7 Å². The molecule has 2 aromatic heterocycles. The molecule has 2 heterocycles. The normalized spacial score (nSPS) is 14.7. The lowest BCUT2D eigenvalue weighted by Crippen LogP contribution is -2.59.